The summed E-state index contributed by atoms with van der Waals surface area (Å²) in [6, 6.07) is -0.591. The lowest BCUT2D eigenvalue weighted by Gasteiger charge is -2.39. The number of hydrogen-bond donors (Lipinski definition) is 1. The molecule has 0 saturated carbocycles. The fraction of sp³-hybridized carbons (Fsp3) is 0.833. The highest BCUT2D eigenvalue weighted by molar-refractivity contribution is 5.74. The molecule has 0 aliphatic heterocycles. The summed E-state index contributed by atoms with van der Waals surface area (Å²) in [6.45, 7) is 7.43. The van der Waals surface area contributed by atoms with E-state index in [1.54, 1.807) is 19.0 Å². The van der Waals surface area contributed by atoms with Crippen molar-refractivity contribution in [2.45, 2.75) is 40.2 Å². The maximum absolute atomic E-state index is 11.2. The summed E-state index contributed by atoms with van der Waals surface area (Å²) in [5.41, 5.74) is -0.951. The Morgan fingerprint density at radius 2 is 1.75 bits per heavy atom. The Morgan fingerprint density at radius 1 is 1.31 bits per heavy atom. The molecule has 1 N–H and O–H groups in total. The highest BCUT2D eigenvalue weighted by Gasteiger charge is 2.40. The van der Waals surface area contributed by atoms with Gasteiger partial charge in [0.15, 0.2) is 0 Å². The van der Waals surface area contributed by atoms with Gasteiger partial charge in [0.25, 0.3) is 0 Å². The average Bonchev–Trinajstić information content (AvgIpc) is 1.99. The van der Waals surface area contributed by atoms with Gasteiger partial charge in [0.05, 0.1) is 0 Å². The van der Waals surface area contributed by atoms with Crippen LogP contribution in [0.5, 0.6) is 0 Å². The molecule has 1 unspecified atom stereocenters. The van der Waals surface area contributed by atoms with Crippen LogP contribution in [-0.4, -0.2) is 42.4 Å². The minimum absolute atomic E-state index is 0.459. The normalized spacial score (nSPS) is 14.9. The van der Waals surface area contributed by atoms with Crippen molar-refractivity contribution in [1.82, 2.24) is 4.90 Å². The number of rotatable bonds is 6. The van der Waals surface area contributed by atoms with Gasteiger partial charge in [0.2, 0.25) is 0 Å². The maximum Gasteiger partial charge on any atom is 0.321 e. The second-order valence-electron chi connectivity index (χ2n) is 5.98. The molecule has 0 aliphatic carbocycles. The Hall–Kier alpha value is -0.900. The Labute approximate surface area is 97.6 Å². The quantitative estimate of drug-likeness (QED) is 0.703. The molecular weight excluding hydrogens is 206 g/mol. The number of carboxylic acids is 1. The zero-order valence-electron chi connectivity index (χ0n) is 11.1. The second kappa shape index (κ2) is 4.95. The third kappa shape index (κ3) is 3.93. The smallest absolute Gasteiger partial charge is 0.321 e. The Morgan fingerprint density at radius 3 is 2.00 bits per heavy atom. The van der Waals surface area contributed by atoms with E-state index in [4.69, 9.17) is 0 Å². The van der Waals surface area contributed by atoms with Crippen molar-refractivity contribution in [2.75, 3.05) is 14.1 Å². The topological polar surface area (TPSA) is 57.6 Å². The minimum Gasteiger partial charge on any atom is -0.480 e. The SMILES string of the molecule is CN(C)C(C(=O)O)C(C)(C)CC(C)(C)C=O. The molecule has 16 heavy (non-hydrogen) atoms. The first-order valence-electron chi connectivity index (χ1n) is 5.39. The van der Waals surface area contributed by atoms with E-state index < -0.39 is 22.8 Å². The standard InChI is InChI=1S/C12H23NO3/c1-11(2,8-14)7-12(3,4)9(10(15)16)13(5)6/h8-9H,7H2,1-6H3,(H,15,16). The molecule has 4 heteroatoms. The van der Waals surface area contributed by atoms with Crippen molar-refractivity contribution in [3.63, 3.8) is 0 Å². The molecule has 1 atom stereocenters. The van der Waals surface area contributed by atoms with E-state index in [1.165, 1.54) is 0 Å². The van der Waals surface area contributed by atoms with Crippen LogP contribution in [0.1, 0.15) is 34.1 Å². The molecular formula is C12H23NO3. The molecule has 4 nitrogen and oxygen atoms in total. The first kappa shape index (κ1) is 15.1. The number of aliphatic carboxylic acids is 1. The summed E-state index contributed by atoms with van der Waals surface area (Å²) in [5, 5.41) is 9.22. The molecule has 0 aliphatic rings. The predicted molar refractivity (Wildman–Crippen MR) is 63.4 cm³/mol. The van der Waals surface area contributed by atoms with E-state index in [0.29, 0.717) is 6.42 Å². The van der Waals surface area contributed by atoms with E-state index in [0.717, 1.165) is 6.29 Å². The number of hydrogen-bond acceptors (Lipinski definition) is 3. The summed E-state index contributed by atoms with van der Waals surface area (Å²) in [6.07, 6.45) is 1.43. The van der Waals surface area contributed by atoms with Crippen molar-refractivity contribution in [3.05, 3.63) is 0 Å². The molecule has 0 saturated heterocycles. The number of aldehydes is 1. The molecule has 0 bridgehead atoms. The molecule has 0 aromatic heterocycles. The Kier molecular flexibility index (Phi) is 4.68. The van der Waals surface area contributed by atoms with Gasteiger partial charge in [0.1, 0.15) is 12.3 Å². The zero-order valence-corrected chi connectivity index (χ0v) is 11.1. The van der Waals surface area contributed by atoms with E-state index in [2.05, 4.69) is 0 Å². The van der Waals surface area contributed by atoms with Gasteiger partial charge in [-0.1, -0.05) is 27.7 Å². The Balaban J connectivity index is 5.00. The summed E-state index contributed by atoms with van der Waals surface area (Å²) in [5.74, 6) is -0.850. The molecule has 0 heterocycles. The molecule has 0 aromatic rings. The molecule has 0 amide bonds. The second-order valence-corrected chi connectivity index (χ2v) is 5.98. The maximum atomic E-state index is 11.2. The van der Waals surface area contributed by atoms with Crippen LogP contribution >= 0.6 is 0 Å². The lowest BCUT2D eigenvalue weighted by molar-refractivity contribution is -0.148. The lowest BCUT2D eigenvalue weighted by Crippen LogP contribution is -2.48. The van der Waals surface area contributed by atoms with E-state index in [-0.39, 0.29) is 0 Å². The van der Waals surface area contributed by atoms with E-state index in [1.807, 2.05) is 27.7 Å². The van der Waals surface area contributed by atoms with Crippen molar-refractivity contribution >= 4 is 12.3 Å². The first-order valence-corrected chi connectivity index (χ1v) is 5.39. The number of nitrogens with zero attached hydrogens (tertiary/aromatic N) is 1. The molecule has 0 spiro atoms. The number of likely N-dealkylation sites (N-methyl/N-ethyl adjacent to an activating group) is 1. The monoisotopic (exact) mass is 229 g/mol. The number of carbonyl (C=O) groups excluding carboxylic acids is 1. The van der Waals surface area contributed by atoms with Crippen LogP contribution in [0.25, 0.3) is 0 Å². The first-order chi connectivity index (χ1) is 7.03. The third-order valence-corrected chi connectivity index (χ3v) is 2.72. The van der Waals surface area contributed by atoms with Gasteiger partial charge in [-0.15, -0.1) is 0 Å². The molecule has 0 rings (SSSR count). The van der Waals surface area contributed by atoms with Crippen molar-refractivity contribution < 1.29 is 14.7 Å². The van der Waals surface area contributed by atoms with Gasteiger partial charge in [0, 0.05) is 5.41 Å². The molecule has 94 valence electrons. The van der Waals surface area contributed by atoms with Crippen LogP contribution in [0.4, 0.5) is 0 Å². The van der Waals surface area contributed by atoms with Gasteiger partial charge in [-0.3, -0.25) is 9.69 Å². The fourth-order valence-corrected chi connectivity index (χ4v) is 2.57. The van der Waals surface area contributed by atoms with Crippen molar-refractivity contribution in [1.29, 1.82) is 0 Å². The van der Waals surface area contributed by atoms with Gasteiger partial charge in [-0.25, -0.2) is 0 Å². The highest BCUT2D eigenvalue weighted by Crippen LogP contribution is 2.36. The zero-order chi connectivity index (χ0) is 13.1. The third-order valence-electron chi connectivity index (χ3n) is 2.72. The van der Waals surface area contributed by atoms with Crippen LogP contribution in [0, 0.1) is 10.8 Å². The summed E-state index contributed by atoms with van der Waals surface area (Å²) in [7, 11) is 3.49. The van der Waals surface area contributed by atoms with Gasteiger partial charge >= 0.3 is 5.97 Å². The van der Waals surface area contributed by atoms with Gasteiger partial charge in [-0.05, 0) is 25.9 Å². The molecule has 0 fully saturated rings. The molecule has 0 aromatic carbocycles. The fourth-order valence-electron chi connectivity index (χ4n) is 2.57. The average molecular weight is 229 g/mol. The number of carbonyl (C=O) groups is 2. The van der Waals surface area contributed by atoms with Crippen LogP contribution in [0.15, 0.2) is 0 Å². The predicted octanol–water partition coefficient (Wildman–Crippen LogP) is 1.64. The van der Waals surface area contributed by atoms with Crippen molar-refractivity contribution in [3.8, 4) is 0 Å². The van der Waals surface area contributed by atoms with E-state index >= 15 is 0 Å². The van der Waals surface area contributed by atoms with E-state index in [9.17, 15) is 14.7 Å². The van der Waals surface area contributed by atoms with Crippen LogP contribution in [-0.2, 0) is 9.59 Å². The van der Waals surface area contributed by atoms with Gasteiger partial charge < -0.3 is 9.90 Å². The number of carboxylic acid groups (broad SMARTS) is 1. The van der Waals surface area contributed by atoms with Crippen LogP contribution in [0.2, 0.25) is 0 Å². The largest absolute Gasteiger partial charge is 0.480 e. The van der Waals surface area contributed by atoms with Crippen molar-refractivity contribution in [2.24, 2.45) is 10.8 Å². The minimum atomic E-state index is -0.850. The summed E-state index contributed by atoms with van der Waals surface area (Å²) >= 11 is 0. The van der Waals surface area contributed by atoms with Crippen LogP contribution in [0.3, 0.4) is 0 Å². The Bertz CT molecular complexity index is 269. The molecule has 0 radical (unpaired) electrons. The lowest BCUT2D eigenvalue weighted by atomic mass is 9.71. The van der Waals surface area contributed by atoms with Gasteiger partial charge in [-0.2, -0.15) is 0 Å². The van der Waals surface area contributed by atoms with Crippen LogP contribution < -0.4 is 0 Å². The summed E-state index contributed by atoms with van der Waals surface area (Å²) < 4.78 is 0. The highest BCUT2D eigenvalue weighted by atomic mass is 16.4. The summed E-state index contributed by atoms with van der Waals surface area (Å²) in [4.78, 5) is 23.8.